The molecule has 1 rings (SSSR count). The zero-order valence-electron chi connectivity index (χ0n) is 17.7. The molecule has 0 spiro atoms. The van der Waals surface area contributed by atoms with Gasteiger partial charge in [0.2, 0.25) is 5.91 Å². The van der Waals surface area contributed by atoms with Crippen molar-refractivity contribution in [1.82, 2.24) is 10.8 Å². The van der Waals surface area contributed by atoms with Crippen LogP contribution in [0.4, 0.5) is 0 Å². The van der Waals surface area contributed by atoms with E-state index in [-0.39, 0.29) is 29.3 Å². The first-order valence-electron chi connectivity index (χ1n) is 10.1. The third kappa shape index (κ3) is 5.29. The Morgan fingerprint density at radius 3 is 2.30 bits per heavy atom. The van der Waals surface area contributed by atoms with Crippen LogP contribution in [0.25, 0.3) is 0 Å². The number of carbonyl (C=O) groups is 3. The molecule has 3 amide bonds. The van der Waals surface area contributed by atoms with Crippen LogP contribution in [-0.4, -0.2) is 53.1 Å². The number of hydrogen-bond acceptors (Lipinski definition) is 4. The van der Waals surface area contributed by atoms with E-state index in [0.29, 0.717) is 19.4 Å². The van der Waals surface area contributed by atoms with Gasteiger partial charge in [0.15, 0.2) is 6.54 Å². The normalized spacial score (nSPS) is 25.5. The summed E-state index contributed by atoms with van der Waals surface area (Å²) in [4.78, 5) is 37.9. The zero-order valence-corrected chi connectivity index (χ0v) is 17.7. The van der Waals surface area contributed by atoms with Gasteiger partial charge in [0.25, 0.3) is 5.91 Å². The minimum Gasteiger partial charge on any atom is -0.354 e. The fourth-order valence-electron chi connectivity index (χ4n) is 4.32. The topological polar surface area (TPSA) is 95.5 Å². The van der Waals surface area contributed by atoms with Gasteiger partial charge >= 0.3 is 5.91 Å². The quantitative estimate of drug-likeness (QED) is 0.233. The van der Waals surface area contributed by atoms with Gasteiger partial charge in [-0.05, 0) is 27.2 Å². The summed E-state index contributed by atoms with van der Waals surface area (Å²) in [5, 5.41) is 11.7. The Bertz CT molecular complexity index is 544. The molecule has 0 radical (unpaired) electrons. The molecule has 0 saturated carbocycles. The molecule has 3 N–H and O–H groups in total. The Morgan fingerprint density at radius 2 is 1.78 bits per heavy atom. The van der Waals surface area contributed by atoms with E-state index in [1.807, 2.05) is 20.8 Å². The largest absolute Gasteiger partial charge is 0.354 e. The van der Waals surface area contributed by atoms with Crippen LogP contribution in [0.2, 0.25) is 0 Å². The molecule has 0 aromatic carbocycles. The molecule has 0 aliphatic carbocycles. The molecular weight excluding hydrogens is 346 g/mol. The van der Waals surface area contributed by atoms with Crippen LogP contribution < -0.4 is 10.8 Å². The number of hydroxylamine groups is 1. The monoisotopic (exact) mass is 384 g/mol. The standard InChI is InChI=1S/C20H37N3O4/c1-6-7-8-9-10-11-20(14-16(24)22-27)12-13-23(18(20)26,19(2,3)4)15-17(25)21-5/h6-15H2,1-5H3,(H2-,21,22,24,25,27)/p+1. The Kier molecular flexibility index (Phi) is 8.42. The maximum Gasteiger partial charge on any atom is 0.321 e. The van der Waals surface area contributed by atoms with Gasteiger partial charge in [-0.3, -0.25) is 14.8 Å². The van der Waals surface area contributed by atoms with Crippen LogP contribution in [0.5, 0.6) is 0 Å². The number of likely N-dealkylation sites (tertiary alicyclic amines) is 1. The first-order valence-corrected chi connectivity index (χ1v) is 10.1. The Hall–Kier alpha value is -1.47. The number of nitrogens with one attached hydrogen (secondary N) is 2. The average molecular weight is 385 g/mol. The summed E-state index contributed by atoms with van der Waals surface area (Å²) in [7, 11) is 1.57. The lowest BCUT2D eigenvalue weighted by molar-refractivity contribution is -0.886. The number of hydrogen-bond donors (Lipinski definition) is 3. The van der Waals surface area contributed by atoms with Gasteiger partial charge in [-0.15, -0.1) is 0 Å². The highest BCUT2D eigenvalue weighted by Crippen LogP contribution is 2.47. The van der Waals surface area contributed by atoms with Gasteiger partial charge in [-0.2, -0.15) is 0 Å². The van der Waals surface area contributed by atoms with Crippen LogP contribution in [0.1, 0.15) is 79.1 Å². The predicted molar refractivity (Wildman–Crippen MR) is 104 cm³/mol. The molecule has 27 heavy (non-hydrogen) atoms. The van der Waals surface area contributed by atoms with E-state index in [4.69, 9.17) is 5.21 Å². The summed E-state index contributed by atoms with van der Waals surface area (Å²) in [6, 6.07) is 0. The Labute approximate surface area is 163 Å². The molecule has 7 nitrogen and oxygen atoms in total. The summed E-state index contributed by atoms with van der Waals surface area (Å²) < 4.78 is 0.0420. The van der Waals surface area contributed by atoms with Crippen molar-refractivity contribution in [3.05, 3.63) is 0 Å². The van der Waals surface area contributed by atoms with Gasteiger partial charge in [0.05, 0.1) is 17.5 Å². The van der Waals surface area contributed by atoms with E-state index in [1.54, 1.807) is 12.5 Å². The second-order valence-electron chi connectivity index (χ2n) is 8.91. The third-order valence-electron chi connectivity index (χ3n) is 6.17. The summed E-state index contributed by atoms with van der Waals surface area (Å²) >= 11 is 0. The van der Waals surface area contributed by atoms with Crippen molar-refractivity contribution in [2.24, 2.45) is 5.41 Å². The number of nitrogens with zero attached hydrogens (tertiary/aromatic N) is 1. The zero-order chi connectivity index (χ0) is 20.7. The lowest BCUT2D eigenvalue weighted by atomic mass is 9.77. The number of quaternary nitrogens is 1. The van der Waals surface area contributed by atoms with Gasteiger partial charge in [0.1, 0.15) is 0 Å². The second-order valence-corrected chi connectivity index (χ2v) is 8.91. The van der Waals surface area contributed by atoms with Crippen LogP contribution in [-0.2, 0) is 14.4 Å². The maximum absolute atomic E-state index is 13.7. The molecule has 0 bridgehead atoms. The molecule has 2 atom stereocenters. The number of unbranched alkanes of at least 4 members (excludes halogenated alkanes) is 4. The van der Waals surface area contributed by atoms with Crippen LogP contribution in [0.3, 0.4) is 0 Å². The molecule has 2 unspecified atom stereocenters. The second kappa shape index (κ2) is 9.64. The molecule has 1 heterocycles. The van der Waals surface area contributed by atoms with Crippen molar-refractivity contribution in [1.29, 1.82) is 0 Å². The predicted octanol–water partition coefficient (Wildman–Crippen LogP) is 2.52. The van der Waals surface area contributed by atoms with E-state index >= 15 is 0 Å². The third-order valence-corrected chi connectivity index (χ3v) is 6.17. The fraction of sp³-hybridized carbons (Fsp3) is 0.850. The highest BCUT2D eigenvalue weighted by molar-refractivity contribution is 5.88. The van der Waals surface area contributed by atoms with Crippen LogP contribution >= 0.6 is 0 Å². The van der Waals surface area contributed by atoms with Gasteiger partial charge in [-0.25, -0.2) is 14.8 Å². The first kappa shape index (κ1) is 23.6. The average Bonchev–Trinajstić information content (AvgIpc) is 2.88. The molecule has 1 saturated heterocycles. The summed E-state index contributed by atoms with van der Waals surface area (Å²) in [5.41, 5.74) is 0.414. The Morgan fingerprint density at radius 1 is 1.15 bits per heavy atom. The maximum atomic E-state index is 13.7. The van der Waals surface area contributed by atoms with Crippen molar-refractivity contribution in [2.75, 3.05) is 20.1 Å². The number of carbonyl (C=O) groups excluding carboxylic acids is 3. The van der Waals surface area contributed by atoms with E-state index in [9.17, 15) is 14.4 Å². The summed E-state index contributed by atoms with van der Waals surface area (Å²) in [6.45, 7) is 8.67. The lowest BCUT2D eigenvalue weighted by Gasteiger charge is -2.44. The van der Waals surface area contributed by atoms with Crippen molar-refractivity contribution in [3.63, 3.8) is 0 Å². The SMILES string of the molecule is CCCCCCCC1(CC(=O)NO)CC[N+](CC(=O)NC)(C(C)(C)C)C1=O. The molecule has 0 aromatic rings. The smallest absolute Gasteiger partial charge is 0.321 e. The van der Waals surface area contributed by atoms with Crippen LogP contribution in [0, 0.1) is 5.41 Å². The molecule has 1 aliphatic rings. The van der Waals surface area contributed by atoms with E-state index in [2.05, 4.69) is 12.2 Å². The number of amides is 3. The first-order chi connectivity index (χ1) is 12.6. The minimum absolute atomic E-state index is 0.0278. The Balaban J connectivity index is 3.14. The molecule has 1 fully saturated rings. The van der Waals surface area contributed by atoms with Crippen molar-refractivity contribution in [2.45, 2.75) is 84.6 Å². The number of rotatable bonds is 10. The van der Waals surface area contributed by atoms with Crippen LogP contribution in [0.15, 0.2) is 0 Å². The molecule has 156 valence electrons. The fourth-order valence-corrected chi connectivity index (χ4v) is 4.32. The summed E-state index contributed by atoms with van der Waals surface area (Å²) in [6.07, 6.45) is 6.46. The van der Waals surface area contributed by atoms with Crippen molar-refractivity contribution in [3.8, 4) is 0 Å². The molecule has 1 aliphatic heterocycles. The molecular formula is C20H38N3O4+. The highest BCUT2D eigenvalue weighted by atomic mass is 16.5. The van der Waals surface area contributed by atoms with E-state index < -0.39 is 16.9 Å². The lowest BCUT2D eigenvalue weighted by Crippen LogP contribution is -2.65. The van der Waals surface area contributed by atoms with E-state index in [1.165, 1.54) is 0 Å². The van der Waals surface area contributed by atoms with Crippen molar-refractivity contribution < 1.29 is 24.1 Å². The molecule has 0 aromatic heterocycles. The minimum atomic E-state index is -0.819. The summed E-state index contributed by atoms with van der Waals surface area (Å²) in [5.74, 6) is -0.757. The van der Waals surface area contributed by atoms with E-state index in [0.717, 1.165) is 32.1 Å². The van der Waals surface area contributed by atoms with Crippen molar-refractivity contribution >= 4 is 17.7 Å². The van der Waals surface area contributed by atoms with Gasteiger partial charge < -0.3 is 5.32 Å². The highest BCUT2D eigenvalue weighted by Gasteiger charge is 2.63. The van der Waals surface area contributed by atoms with Gasteiger partial charge in [0, 0.05) is 19.9 Å². The number of likely N-dealkylation sites (N-methyl/N-ethyl adjacent to an activating group) is 1. The van der Waals surface area contributed by atoms with Gasteiger partial charge in [-0.1, -0.05) is 39.0 Å². The molecule has 7 heteroatoms.